The van der Waals surface area contributed by atoms with E-state index < -0.39 is 6.04 Å². The van der Waals surface area contributed by atoms with Crippen LogP contribution in [-0.4, -0.2) is 35.0 Å². The van der Waals surface area contributed by atoms with Gasteiger partial charge in [-0.2, -0.15) is 16.7 Å². The van der Waals surface area contributed by atoms with Gasteiger partial charge in [-0.1, -0.05) is 5.16 Å². The molecular weight excluding hydrogens is 218 g/mol. The summed E-state index contributed by atoms with van der Waals surface area (Å²) in [5, 5.41) is 3.48. The van der Waals surface area contributed by atoms with Gasteiger partial charge in [-0.05, 0) is 12.2 Å². The van der Waals surface area contributed by atoms with Crippen molar-refractivity contribution in [2.75, 3.05) is 12.9 Å². The van der Waals surface area contributed by atoms with Crippen molar-refractivity contribution in [1.29, 1.82) is 0 Å². The molecule has 0 amide bonds. The molecule has 2 N–H and O–H groups in total. The van der Waals surface area contributed by atoms with Gasteiger partial charge in [-0.25, -0.2) is 0 Å². The molecule has 0 aliphatic heterocycles. The lowest BCUT2D eigenvalue weighted by Gasteiger charge is -2.07. The van der Waals surface area contributed by atoms with Crippen molar-refractivity contribution in [2.24, 2.45) is 5.73 Å². The zero-order chi connectivity index (χ0) is 11.1. The van der Waals surface area contributed by atoms with E-state index in [1.165, 1.54) is 13.4 Å². The van der Waals surface area contributed by atoms with Gasteiger partial charge >= 0.3 is 5.97 Å². The number of rotatable bonds is 6. The average Bonchev–Trinajstić information content (AvgIpc) is 2.75. The van der Waals surface area contributed by atoms with E-state index in [0.29, 0.717) is 18.1 Å². The highest BCUT2D eigenvalue weighted by Gasteiger charge is 2.12. The molecule has 1 aromatic rings. The van der Waals surface area contributed by atoms with E-state index in [2.05, 4.69) is 14.9 Å². The summed E-state index contributed by atoms with van der Waals surface area (Å²) < 4.78 is 9.31. The number of ether oxygens (including phenoxy) is 1. The lowest BCUT2D eigenvalue weighted by Crippen LogP contribution is -2.31. The van der Waals surface area contributed by atoms with E-state index in [4.69, 9.17) is 10.3 Å². The Morgan fingerprint density at radius 1 is 1.80 bits per heavy atom. The lowest BCUT2D eigenvalue weighted by atomic mass is 10.2. The topological polar surface area (TPSA) is 91.2 Å². The molecule has 84 valence electrons. The molecule has 15 heavy (non-hydrogen) atoms. The maximum atomic E-state index is 10.9. The quantitative estimate of drug-likeness (QED) is 0.552. The number of hydrogen-bond acceptors (Lipinski definition) is 7. The predicted molar refractivity (Wildman–Crippen MR) is 55.1 cm³/mol. The molecule has 0 bridgehead atoms. The van der Waals surface area contributed by atoms with E-state index in [-0.39, 0.29) is 5.97 Å². The average molecular weight is 231 g/mol. The summed E-state index contributed by atoms with van der Waals surface area (Å²) in [5.41, 5.74) is 5.55. The maximum Gasteiger partial charge on any atom is 0.322 e. The van der Waals surface area contributed by atoms with Crippen LogP contribution in [0, 0.1) is 0 Å². The highest BCUT2D eigenvalue weighted by molar-refractivity contribution is 7.98. The van der Waals surface area contributed by atoms with Crippen molar-refractivity contribution in [3.8, 4) is 0 Å². The zero-order valence-corrected chi connectivity index (χ0v) is 9.20. The highest BCUT2D eigenvalue weighted by atomic mass is 32.2. The summed E-state index contributed by atoms with van der Waals surface area (Å²) in [6, 6.07) is -0.551. The second-order valence-electron chi connectivity index (χ2n) is 2.81. The van der Waals surface area contributed by atoms with Crippen LogP contribution in [-0.2, 0) is 15.3 Å². The van der Waals surface area contributed by atoms with Gasteiger partial charge in [0.25, 0.3) is 0 Å². The van der Waals surface area contributed by atoms with E-state index in [9.17, 15) is 4.79 Å². The van der Waals surface area contributed by atoms with Gasteiger partial charge in [-0.15, -0.1) is 0 Å². The largest absolute Gasteiger partial charge is 0.468 e. The molecule has 0 radical (unpaired) electrons. The lowest BCUT2D eigenvalue weighted by molar-refractivity contribution is -0.142. The molecule has 0 spiro atoms. The molecule has 0 saturated heterocycles. The Kier molecular flexibility index (Phi) is 5.13. The van der Waals surface area contributed by atoms with Gasteiger partial charge in [0.05, 0.1) is 12.9 Å². The van der Waals surface area contributed by atoms with Crippen LogP contribution in [0.3, 0.4) is 0 Å². The fourth-order valence-corrected chi connectivity index (χ4v) is 1.77. The summed E-state index contributed by atoms with van der Waals surface area (Å²) in [6.45, 7) is 0. The Balaban J connectivity index is 2.09. The molecule has 0 aliphatic rings. The number of carbonyl (C=O) groups excluding carboxylic acids is 1. The first-order valence-electron chi connectivity index (χ1n) is 4.40. The van der Waals surface area contributed by atoms with Gasteiger partial charge in [-0.3, -0.25) is 4.79 Å². The standard InChI is InChI=1S/C8H13N3O3S/c1-13-8(12)6(9)2-3-15-4-7-10-5-11-14-7/h5-6H,2-4,9H2,1H3. The van der Waals surface area contributed by atoms with Crippen LogP contribution in [0.4, 0.5) is 0 Å². The number of esters is 1. The van der Waals surface area contributed by atoms with Crippen molar-refractivity contribution in [3.63, 3.8) is 0 Å². The molecule has 1 unspecified atom stereocenters. The smallest absolute Gasteiger partial charge is 0.322 e. The molecule has 0 aromatic carbocycles. The molecule has 0 saturated carbocycles. The minimum Gasteiger partial charge on any atom is -0.468 e. The monoisotopic (exact) mass is 231 g/mol. The van der Waals surface area contributed by atoms with E-state index in [0.717, 1.165) is 5.75 Å². The summed E-state index contributed by atoms with van der Waals surface area (Å²) in [4.78, 5) is 14.8. The molecule has 1 heterocycles. The summed E-state index contributed by atoms with van der Waals surface area (Å²) in [5.74, 6) is 1.58. The van der Waals surface area contributed by atoms with Crippen LogP contribution in [0.2, 0.25) is 0 Å². The van der Waals surface area contributed by atoms with E-state index in [1.807, 2.05) is 0 Å². The fourth-order valence-electron chi connectivity index (χ4n) is 0.899. The molecular formula is C8H13N3O3S. The maximum absolute atomic E-state index is 10.9. The minimum absolute atomic E-state index is 0.381. The number of nitrogens with two attached hydrogens (primary N) is 1. The fraction of sp³-hybridized carbons (Fsp3) is 0.625. The third-order valence-electron chi connectivity index (χ3n) is 1.71. The molecule has 1 atom stereocenters. The number of methoxy groups -OCH3 is 1. The number of nitrogens with zero attached hydrogens (tertiary/aromatic N) is 2. The number of hydrogen-bond donors (Lipinski definition) is 1. The second kappa shape index (κ2) is 6.41. The first-order valence-corrected chi connectivity index (χ1v) is 5.56. The Hall–Kier alpha value is -1.08. The van der Waals surface area contributed by atoms with Crippen LogP contribution < -0.4 is 5.73 Å². The van der Waals surface area contributed by atoms with Gasteiger partial charge in [0, 0.05) is 0 Å². The molecule has 1 aromatic heterocycles. The van der Waals surface area contributed by atoms with Crippen LogP contribution in [0.5, 0.6) is 0 Å². The Morgan fingerprint density at radius 3 is 3.20 bits per heavy atom. The van der Waals surface area contributed by atoms with Crippen LogP contribution in [0.1, 0.15) is 12.3 Å². The van der Waals surface area contributed by atoms with Crippen molar-refractivity contribution in [2.45, 2.75) is 18.2 Å². The summed E-state index contributed by atoms with van der Waals surface area (Å²) in [7, 11) is 1.33. The van der Waals surface area contributed by atoms with E-state index >= 15 is 0 Å². The number of aromatic nitrogens is 2. The minimum atomic E-state index is -0.551. The normalized spacial score (nSPS) is 12.4. The molecule has 0 aliphatic carbocycles. The number of carbonyl (C=O) groups is 1. The third kappa shape index (κ3) is 4.30. The van der Waals surface area contributed by atoms with E-state index in [1.54, 1.807) is 11.8 Å². The highest BCUT2D eigenvalue weighted by Crippen LogP contribution is 2.11. The van der Waals surface area contributed by atoms with Gasteiger partial charge in [0.2, 0.25) is 5.89 Å². The first kappa shape index (κ1) is 12.0. The molecule has 6 nitrogen and oxygen atoms in total. The SMILES string of the molecule is COC(=O)C(N)CCSCc1ncno1. The van der Waals surface area contributed by atoms with Crippen LogP contribution in [0.25, 0.3) is 0 Å². The van der Waals surface area contributed by atoms with Gasteiger partial charge in [0.15, 0.2) is 6.33 Å². The zero-order valence-electron chi connectivity index (χ0n) is 8.38. The van der Waals surface area contributed by atoms with Gasteiger partial charge in [0.1, 0.15) is 6.04 Å². The Morgan fingerprint density at radius 2 is 2.60 bits per heavy atom. The van der Waals surface area contributed by atoms with Crippen molar-refractivity contribution in [1.82, 2.24) is 10.1 Å². The van der Waals surface area contributed by atoms with Gasteiger partial charge < -0.3 is 15.0 Å². The summed E-state index contributed by atoms with van der Waals surface area (Å²) >= 11 is 1.58. The summed E-state index contributed by atoms with van der Waals surface area (Å²) in [6.07, 6.45) is 1.93. The molecule has 7 heteroatoms. The first-order chi connectivity index (χ1) is 7.24. The van der Waals surface area contributed by atoms with Crippen molar-refractivity contribution < 1.29 is 14.1 Å². The molecule has 0 fully saturated rings. The number of thioether (sulfide) groups is 1. The van der Waals surface area contributed by atoms with Crippen LogP contribution >= 0.6 is 11.8 Å². The third-order valence-corrected chi connectivity index (χ3v) is 2.69. The van der Waals surface area contributed by atoms with Crippen molar-refractivity contribution in [3.05, 3.63) is 12.2 Å². The van der Waals surface area contributed by atoms with Crippen molar-refractivity contribution >= 4 is 17.7 Å². The predicted octanol–water partition coefficient (Wildman–Crippen LogP) is 0.193. The molecule has 1 rings (SSSR count). The Labute approximate surface area is 91.5 Å². The second-order valence-corrected chi connectivity index (χ2v) is 3.91. The van der Waals surface area contributed by atoms with Crippen LogP contribution in [0.15, 0.2) is 10.9 Å². The Bertz CT molecular complexity index is 291.